The predicted molar refractivity (Wildman–Crippen MR) is 74.7 cm³/mol. The minimum atomic E-state index is -0.391. The van der Waals surface area contributed by atoms with Crippen LogP contribution in [0.4, 0.5) is 11.4 Å². The summed E-state index contributed by atoms with van der Waals surface area (Å²) in [5, 5.41) is 14.3. The van der Waals surface area contributed by atoms with Crippen LogP contribution in [0.3, 0.4) is 0 Å². The highest BCUT2D eigenvalue weighted by Crippen LogP contribution is 2.30. The van der Waals surface area contributed by atoms with Gasteiger partial charge in [-0.1, -0.05) is 19.8 Å². The topological polar surface area (TPSA) is 64.4 Å². The summed E-state index contributed by atoms with van der Waals surface area (Å²) in [6.07, 6.45) is 4.82. The second-order valence-electron chi connectivity index (χ2n) is 5.19. The SMILES string of the molecule is COc1cc(NC2CCCCC2C)cc([N+](=O)[O-])c1. The van der Waals surface area contributed by atoms with Crippen molar-refractivity contribution in [3.63, 3.8) is 0 Å². The highest BCUT2D eigenvalue weighted by molar-refractivity contribution is 5.56. The largest absolute Gasteiger partial charge is 0.496 e. The van der Waals surface area contributed by atoms with Gasteiger partial charge in [-0.05, 0) is 18.8 Å². The van der Waals surface area contributed by atoms with Gasteiger partial charge in [0.25, 0.3) is 5.69 Å². The molecular formula is C14H20N2O3. The van der Waals surface area contributed by atoms with E-state index in [0.29, 0.717) is 17.7 Å². The molecule has 0 aliphatic heterocycles. The fourth-order valence-electron chi connectivity index (χ4n) is 2.63. The monoisotopic (exact) mass is 264 g/mol. The number of anilines is 1. The third-order valence-corrected chi connectivity index (χ3v) is 3.80. The number of nitro benzene ring substituents is 1. The van der Waals surface area contributed by atoms with Crippen LogP contribution in [0.1, 0.15) is 32.6 Å². The Hall–Kier alpha value is -1.78. The van der Waals surface area contributed by atoms with Crippen molar-refractivity contribution in [2.24, 2.45) is 5.92 Å². The van der Waals surface area contributed by atoms with E-state index in [2.05, 4.69) is 12.2 Å². The summed E-state index contributed by atoms with van der Waals surface area (Å²) in [7, 11) is 1.52. The minimum Gasteiger partial charge on any atom is -0.496 e. The average Bonchev–Trinajstić information content (AvgIpc) is 2.41. The molecule has 0 heterocycles. The number of rotatable bonds is 4. The van der Waals surface area contributed by atoms with Crippen molar-refractivity contribution in [3.05, 3.63) is 28.3 Å². The number of methoxy groups -OCH3 is 1. The highest BCUT2D eigenvalue weighted by Gasteiger charge is 2.22. The van der Waals surface area contributed by atoms with Gasteiger partial charge in [-0.3, -0.25) is 10.1 Å². The zero-order valence-corrected chi connectivity index (χ0v) is 11.4. The van der Waals surface area contributed by atoms with Crippen molar-refractivity contribution in [2.45, 2.75) is 38.6 Å². The van der Waals surface area contributed by atoms with E-state index >= 15 is 0 Å². The number of benzene rings is 1. The number of non-ortho nitro benzene ring substituents is 1. The highest BCUT2D eigenvalue weighted by atomic mass is 16.6. The number of ether oxygens (including phenoxy) is 1. The molecule has 1 aromatic rings. The molecule has 1 N–H and O–H groups in total. The third-order valence-electron chi connectivity index (χ3n) is 3.80. The van der Waals surface area contributed by atoms with E-state index in [9.17, 15) is 10.1 Å². The Kier molecular flexibility index (Phi) is 4.24. The normalized spacial score (nSPS) is 22.8. The molecule has 0 saturated heterocycles. The van der Waals surface area contributed by atoms with Crippen molar-refractivity contribution < 1.29 is 9.66 Å². The zero-order chi connectivity index (χ0) is 13.8. The lowest BCUT2D eigenvalue weighted by Crippen LogP contribution is -2.30. The molecule has 1 aliphatic carbocycles. The van der Waals surface area contributed by atoms with Gasteiger partial charge in [-0.25, -0.2) is 0 Å². The first-order chi connectivity index (χ1) is 9.10. The fraction of sp³-hybridized carbons (Fsp3) is 0.571. The molecule has 2 rings (SSSR count). The molecule has 5 nitrogen and oxygen atoms in total. The summed E-state index contributed by atoms with van der Waals surface area (Å²) in [4.78, 5) is 10.5. The Morgan fingerprint density at radius 1 is 1.32 bits per heavy atom. The zero-order valence-electron chi connectivity index (χ0n) is 11.4. The predicted octanol–water partition coefficient (Wildman–Crippen LogP) is 3.59. The lowest BCUT2D eigenvalue weighted by Gasteiger charge is -2.30. The van der Waals surface area contributed by atoms with Gasteiger partial charge in [-0.2, -0.15) is 0 Å². The van der Waals surface area contributed by atoms with Crippen molar-refractivity contribution in [2.75, 3.05) is 12.4 Å². The molecule has 19 heavy (non-hydrogen) atoms. The summed E-state index contributed by atoms with van der Waals surface area (Å²) in [5.74, 6) is 1.11. The average molecular weight is 264 g/mol. The number of nitro groups is 1. The van der Waals surface area contributed by atoms with Gasteiger partial charge >= 0.3 is 0 Å². The minimum absolute atomic E-state index is 0.0605. The van der Waals surface area contributed by atoms with E-state index in [1.165, 1.54) is 32.4 Å². The van der Waals surface area contributed by atoms with Gasteiger partial charge in [0.2, 0.25) is 0 Å². The molecule has 5 heteroatoms. The van der Waals surface area contributed by atoms with E-state index in [1.807, 2.05) is 6.07 Å². The van der Waals surface area contributed by atoms with E-state index in [1.54, 1.807) is 6.07 Å². The molecule has 104 valence electrons. The van der Waals surface area contributed by atoms with Crippen molar-refractivity contribution in [3.8, 4) is 5.75 Å². The summed E-state index contributed by atoms with van der Waals surface area (Å²) in [6, 6.07) is 5.22. The van der Waals surface area contributed by atoms with Crippen LogP contribution < -0.4 is 10.1 Å². The first-order valence-corrected chi connectivity index (χ1v) is 6.70. The maximum atomic E-state index is 10.9. The second kappa shape index (κ2) is 5.91. The summed E-state index contributed by atoms with van der Waals surface area (Å²) >= 11 is 0. The van der Waals surface area contributed by atoms with Gasteiger partial charge in [0.15, 0.2) is 0 Å². The first kappa shape index (κ1) is 13.6. The molecule has 0 amide bonds. The van der Waals surface area contributed by atoms with Crippen LogP contribution in [0, 0.1) is 16.0 Å². The van der Waals surface area contributed by atoms with Crippen LogP contribution in [0.2, 0.25) is 0 Å². The van der Waals surface area contributed by atoms with Crippen LogP contribution in [-0.4, -0.2) is 18.1 Å². The van der Waals surface area contributed by atoms with E-state index < -0.39 is 4.92 Å². The first-order valence-electron chi connectivity index (χ1n) is 6.70. The van der Waals surface area contributed by atoms with E-state index in [0.717, 1.165) is 12.1 Å². The summed E-state index contributed by atoms with van der Waals surface area (Å²) in [6.45, 7) is 2.23. The van der Waals surface area contributed by atoms with E-state index in [-0.39, 0.29) is 5.69 Å². The second-order valence-corrected chi connectivity index (χ2v) is 5.19. The third kappa shape index (κ3) is 3.36. The lowest BCUT2D eigenvalue weighted by molar-refractivity contribution is -0.384. The van der Waals surface area contributed by atoms with E-state index in [4.69, 9.17) is 4.74 Å². The summed E-state index contributed by atoms with van der Waals surface area (Å²) in [5.41, 5.74) is 0.829. The Balaban J connectivity index is 2.18. The molecule has 0 radical (unpaired) electrons. The Morgan fingerprint density at radius 2 is 2.05 bits per heavy atom. The molecule has 2 unspecified atom stereocenters. The van der Waals surface area contributed by atoms with Crippen molar-refractivity contribution in [1.29, 1.82) is 0 Å². The Labute approximate surface area is 113 Å². The Morgan fingerprint density at radius 3 is 2.68 bits per heavy atom. The van der Waals surface area contributed by atoms with Crippen molar-refractivity contribution >= 4 is 11.4 Å². The molecule has 1 aliphatic rings. The molecule has 1 aromatic carbocycles. The molecule has 0 spiro atoms. The van der Waals surface area contributed by atoms with Gasteiger partial charge in [-0.15, -0.1) is 0 Å². The maximum Gasteiger partial charge on any atom is 0.275 e. The van der Waals surface area contributed by atoms with Gasteiger partial charge in [0.1, 0.15) is 5.75 Å². The summed E-state index contributed by atoms with van der Waals surface area (Å²) < 4.78 is 5.12. The van der Waals surface area contributed by atoms with Crippen LogP contribution in [0.25, 0.3) is 0 Å². The van der Waals surface area contributed by atoms with Crippen LogP contribution in [-0.2, 0) is 0 Å². The Bertz CT molecular complexity index is 462. The van der Waals surface area contributed by atoms with Crippen LogP contribution in [0.15, 0.2) is 18.2 Å². The number of nitrogens with zero attached hydrogens (tertiary/aromatic N) is 1. The molecule has 1 fully saturated rings. The number of hydrogen-bond donors (Lipinski definition) is 1. The molecule has 2 atom stereocenters. The van der Waals surface area contributed by atoms with Crippen molar-refractivity contribution in [1.82, 2.24) is 0 Å². The molecule has 0 aromatic heterocycles. The lowest BCUT2D eigenvalue weighted by atomic mass is 9.86. The van der Waals surface area contributed by atoms with Crippen LogP contribution in [0.5, 0.6) is 5.75 Å². The molecule has 0 bridgehead atoms. The fourth-order valence-corrected chi connectivity index (χ4v) is 2.63. The number of hydrogen-bond acceptors (Lipinski definition) is 4. The standard InChI is InChI=1S/C14H20N2O3/c1-10-5-3-4-6-14(10)15-11-7-12(16(17)18)9-13(8-11)19-2/h7-10,14-15H,3-6H2,1-2H3. The van der Waals surface area contributed by atoms with Gasteiger partial charge in [0, 0.05) is 23.9 Å². The van der Waals surface area contributed by atoms with Crippen LogP contribution >= 0.6 is 0 Å². The quantitative estimate of drug-likeness (QED) is 0.666. The maximum absolute atomic E-state index is 10.9. The van der Waals surface area contributed by atoms with Gasteiger partial charge in [0.05, 0.1) is 18.1 Å². The molecule has 1 saturated carbocycles. The number of nitrogens with one attached hydrogen (secondary N) is 1. The molecular weight excluding hydrogens is 244 g/mol. The smallest absolute Gasteiger partial charge is 0.275 e. The van der Waals surface area contributed by atoms with Gasteiger partial charge < -0.3 is 10.1 Å².